The van der Waals surface area contributed by atoms with Crippen LogP contribution in [0.4, 0.5) is 0 Å². The van der Waals surface area contributed by atoms with E-state index in [2.05, 4.69) is 13.8 Å². The van der Waals surface area contributed by atoms with Crippen molar-refractivity contribution >= 4 is 0 Å². The monoisotopic (exact) mass is 169 g/mol. The second-order valence-electron chi connectivity index (χ2n) is 5.12. The van der Waals surface area contributed by atoms with Crippen LogP contribution in [0.15, 0.2) is 0 Å². The summed E-state index contributed by atoms with van der Waals surface area (Å²) >= 11 is 0. The molecule has 70 valence electrons. The molecule has 0 aromatic carbocycles. The minimum atomic E-state index is 0.245. The van der Waals surface area contributed by atoms with Gasteiger partial charge in [-0.2, -0.15) is 0 Å². The van der Waals surface area contributed by atoms with Crippen molar-refractivity contribution in [1.82, 2.24) is 0 Å². The van der Waals surface area contributed by atoms with Crippen molar-refractivity contribution in [2.45, 2.75) is 32.7 Å². The van der Waals surface area contributed by atoms with Crippen LogP contribution in [0.3, 0.4) is 0 Å². The third-order valence-electron chi connectivity index (χ3n) is 4.38. The third-order valence-corrected chi connectivity index (χ3v) is 4.38. The van der Waals surface area contributed by atoms with Gasteiger partial charge in [-0.3, -0.25) is 0 Å². The molecule has 2 nitrogen and oxygen atoms in total. The standard InChI is InChI=1S/C10H19NO/c1-10(2)7-3-6(5-12)9(11)8(10)4-7/h6-9,12H,3-5,11H2,1-2H3/t6-,7-,8-,9-/m1/s1. The van der Waals surface area contributed by atoms with Crippen LogP contribution in [-0.2, 0) is 0 Å². The maximum Gasteiger partial charge on any atom is 0.0474 e. The molecule has 4 atom stereocenters. The van der Waals surface area contributed by atoms with Crippen LogP contribution in [0.2, 0.25) is 0 Å². The molecule has 3 aliphatic carbocycles. The zero-order valence-corrected chi connectivity index (χ0v) is 7.96. The van der Waals surface area contributed by atoms with Crippen LogP contribution in [0.1, 0.15) is 26.7 Å². The maximum absolute atomic E-state index is 9.09. The van der Waals surface area contributed by atoms with Gasteiger partial charge in [0.1, 0.15) is 0 Å². The quantitative estimate of drug-likeness (QED) is 0.615. The Bertz CT molecular complexity index is 190. The Balaban J connectivity index is 2.11. The van der Waals surface area contributed by atoms with Crippen molar-refractivity contribution < 1.29 is 5.11 Å². The molecule has 2 bridgehead atoms. The van der Waals surface area contributed by atoms with E-state index in [1.807, 2.05) is 0 Å². The van der Waals surface area contributed by atoms with Gasteiger partial charge in [0, 0.05) is 12.6 Å². The topological polar surface area (TPSA) is 46.2 Å². The first-order valence-corrected chi connectivity index (χ1v) is 4.93. The van der Waals surface area contributed by atoms with Gasteiger partial charge in [0.25, 0.3) is 0 Å². The van der Waals surface area contributed by atoms with Gasteiger partial charge in [-0.25, -0.2) is 0 Å². The lowest BCUT2D eigenvalue weighted by Crippen LogP contribution is -2.61. The SMILES string of the molecule is CC1(C)[C@@H]2C[C@H](CO)[C@@H](N)[C@H]1C2. The van der Waals surface area contributed by atoms with Crippen LogP contribution in [-0.4, -0.2) is 17.8 Å². The summed E-state index contributed by atoms with van der Waals surface area (Å²) in [6.45, 7) is 4.92. The lowest BCUT2D eigenvalue weighted by atomic mass is 9.45. The van der Waals surface area contributed by atoms with Crippen LogP contribution >= 0.6 is 0 Å². The minimum absolute atomic E-state index is 0.245. The Morgan fingerprint density at radius 1 is 1.42 bits per heavy atom. The molecule has 0 amide bonds. The molecule has 0 radical (unpaired) electrons. The number of fused-ring (bicyclic) bond motifs is 2. The van der Waals surface area contributed by atoms with Crippen LogP contribution < -0.4 is 5.73 Å². The molecule has 3 fully saturated rings. The average molecular weight is 169 g/mol. The molecule has 0 aliphatic heterocycles. The fourth-order valence-corrected chi connectivity index (χ4v) is 3.16. The van der Waals surface area contributed by atoms with Crippen molar-refractivity contribution in [3.8, 4) is 0 Å². The van der Waals surface area contributed by atoms with E-state index in [9.17, 15) is 0 Å². The predicted octanol–water partition coefficient (Wildman–Crippen LogP) is 0.988. The molecule has 0 aromatic heterocycles. The smallest absolute Gasteiger partial charge is 0.0474 e. The highest BCUT2D eigenvalue weighted by Gasteiger charge is 2.56. The molecule has 2 heteroatoms. The van der Waals surface area contributed by atoms with E-state index in [4.69, 9.17) is 10.8 Å². The summed E-state index contributed by atoms with van der Waals surface area (Å²) in [4.78, 5) is 0. The summed E-state index contributed by atoms with van der Waals surface area (Å²) in [5.41, 5.74) is 6.54. The summed E-state index contributed by atoms with van der Waals surface area (Å²) < 4.78 is 0. The van der Waals surface area contributed by atoms with Gasteiger partial charge in [0.15, 0.2) is 0 Å². The Hall–Kier alpha value is -0.0800. The van der Waals surface area contributed by atoms with Gasteiger partial charge >= 0.3 is 0 Å². The largest absolute Gasteiger partial charge is 0.396 e. The molecule has 0 spiro atoms. The fourth-order valence-electron chi connectivity index (χ4n) is 3.16. The van der Waals surface area contributed by atoms with Crippen molar-refractivity contribution in [3.05, 3.63) is 0 Å². The molecule has 3 N–H and O–H groups in total. The molecular formula is C10H19NO. The Morgan fingerprint density at radius 2 is 2.08 bits per heavy atom. The summed E-state index contributed by atoms with van der Waals surface area (Å²) in [7, 11) is 0. The van der Waals surface area contributed by atoms with E-state index < -0.39 is 0 Å². The normalized spacial score (nSPS) is 50.0. The number of aliphatic hydroxyl groups excluding tert-OH is 1. The molecule has 0 unspecified atom stereocenters. The van der Waals surface area contributed by atoms with Gasteiger partial charge in [-0.05, 0) is 36.0 Å². The summed E-state index contributed by atoms with van der Waals surface area (Å²) in [6.07, 6.45) is 2.44. The summed E-state index contributed by atoms with van der Waals surface area (Å²) in [6, 6.07) is 0.245. The number of nitrogens with two attached hydrogens (primary N) is 1. The molecule has 12 heavy (non-hydrogen) atoms. The number of hydrogen-bond acceptors (Lipinski definition) is 2. The Kier molecular flexibility index (Phi) is 1.74. The van der Waals surface area contributed by atoms with E-state index in [0.717, 1.165) is 12.3 Å². The number of rotatable bonds is 1. The van der Waals surface area contributed by atoms with E-state index in [1.165, 1.54) is 6.42 Å². The minimum Gasteiger partial charge on any atom is -0.396 e. The van der Waals surface area contributed by atoms with E-state index in [0.29, 0.717) is 17.3 Å². The van der Waals surface area contributed by atoms with E-state index >= 15 is 0 Å². The van der Waals surface area contributed by atoms with Crippen molar-refractivity contribution in [1.29, 1.82) is 0 Å². The van der Waals surface area contributed by atoms with Gasteiger partial charge in [-0.15, -0.1) is 0 Å². The van der Waals surface area contributed by atoms with E-state index in [1.54, 1.807) is 0 Å². The lowest BCUT2D eigenvalue weighted by Gasteiger charge is -2.61. The van der Waals surface area contributed by atoms with Crippen molar-refractivity contribution in [3.63, 3.8) is 0 Å². The number of hydrogen-bond donors (Lipinski definition) is 2. The first kappa shape index (κ1) is 8.52. The zero-order valence-electron chi connectivity index (χ0n) is 7.96. The highest BCUT2D eigenvalue weighted by atomic mass is 16.3. The van der Waals surface area contributed by atoms with Crippen LogP contribution in [0.5, 0.6) is 0 Å². The molecule has 3 rings (SSSR count). The van der Waals surface area contributed by atoms with Crippen LogP contribution in [0, 0.1) is 23.2 Å². The zero-order chi connectivity index (χ0) is 8.93. The highest BCUT2D eigenvalue weighted by Crippen LogP contribution is 2.59. The summed E-state index contributed by atoms with van der Waals surface area (Å²) in [5.74, 6) is 1.86. The molecule has 0 heterocycles. The maximum atomic E-state index is 9.09. The van der Waals surface area contributed by atoms with Crippen LogP contribution in [0.25, 0.3) is 0 Å². The first-order chi connectivity index (χ1) is 5.57. The van der Waals surface area contributed by atoms with Crippen molar-refractivity contribution in [2.24, 2.45) is 28.9 Å². The fraction of sp³-hybridized carbons (Fsp3) is 1.00. The average Bonchev–Trinajstić information content (AvgIpc) is 2.03. The van der Waals surface area contributed by atoms with E-state index in [-0.39, 0.29) is 12.6 Å². The molecule has 0 aromatic rings. The van der Waals surface area contributed by atoms with Gasteiger partial charge in [0.05, 0.1) is 0 Å². The Morgan fingerprint density at radius 3 is 2.50 bits per heavy atom. The molecular weight excluding hydrogens is 150 g/mol. The Labute approximate surface area is 74.1 Å². The molecule has 3 aliphatic rings. The van der Waals surface area contributed by atoms with Gasteiger partial charge in [-0.1, -0.05) is 13.8 Å². The molecule has 0 saturated heterocycles. The molecule has 3 saturated carbocycles. The second kappa shape index (κ2) is 2.46. The van der Waals surface area contributed by atoms with Gasteiger partial charge < -0.3 is 10.8 Å². The first-order valence-electron chi connectivity index (χ1n) is 4.93. The number of aliphatic hydroxyl groups is 1. The predicted molar refractivity (Wildman–Crippen MR) is 48.5 cm³/mol. The van der Waals surface area contributed by atoms with Gasteiger partial charge in [0.2, 0.25) is 0 Å². The highest BCUT2D eigenvalue weighted by molar-refractivity contribution is 5.07. The second-order valence-corrected chi connectivity index (χ2v) is 5.12. The summed E-state index contributed by atoms with van der Waals surface area (Å²) in [5, 5.41) is 9.09. The van der Waals surface area contributed by atoms with Crippen molar-refractivity contribution in [2.75, 3.05) is 6.61 Å². The third kappa shape index (κ3) is 0.882. The lowest BCUT2D eigenvalue weighted by molar-refractivity contribution is -0.113.